The number of halogens is 3. The van der Waals surface area contributed by atoms with Crippen molar-refractivity contribution in [3.8, 4) is 5.75 Å². The normalized spacial score (nSPS) is 11.6. The fourth-order valence-electron chi connectivity index (χ4n) is 2.16. The maximum absolute atomic E-state index is 12.2. The van der Waals surface area contributed by atoms with Gasteiger partial charge < -0.3 is 9.30 Å². The molecule has 0 saturated carbocycles. The SMILES string of the molecule is C=CCc1cc2cc(OC(F)(F)F)ccc2n1CC=C. The first-order valence-corrected chi connectivity index (χ1v) is 6.04. The smallest absolute Gasteiger partial charge is 0.406 e. The molecule has 2 aromatic rings. The number of hydrogen-bond acceptors (Lipinski definition) is 1. The van der Waals surface area contributed by atoms with Gasteiger partial charge in [0.15, 0.2) is 0 Å². The standard InChI is InChI=1S/C15H14F3NO/c1-3-5-12-9-11-10-13(20-15(16,17)18)6-7-14(11)19(12)8-4-2/h3-4,6-7,9-10H,1-2,5,8H2. The minimum absolute atomic E-state index is 0.217. The van der Waals surface area contributed by atoms with E-state index in [9.17, 15) is 13.2 Å². The molecule has 5 heteroatoms. The predicted molar refractivity (Wildman–Crippen MR) is 72.7 cm³/mol. The van der Waals surface area contributed by atoms with Gasteiger partial charge in [-0.2, -0.15) is 0 Å². The maximum Gasteiger partial charge on any atom is 0.573 e. The van der Waals surface area contributed by atoms with Gasteiger partial charge in [-0.25, -0.2) is 0 Å². The Kier molecular flexibility index (Phi) is 3.88. The molecule has 1 aromatic carbocycles. The summed E-state index contributed by atoms with van der Waals surface area (Å²) in [4.78, 5) is 0. The summed E-state index contributed by atoms with van der Waals surface area (Å²) in [6.45, 7) is 7.96. The topological polar surface area (TPSA) is 14.2 Å². The monoisotopic (exact) mass is 281 g/mol. The Labute approximate surface area is 114 Å². The van der Waals surface area contributed by atoms with Crippen molar-refractivity contribution in [3.05, 3.63) is 55.3 Å². The minimum Gasteiger partial charge on any atom is -0.406 e. The van der Waals surface area contributed by atoms with Crippen LogP contribution in [-0.4, -0.2) is 10.9 Å². The summed E-state index contributed by atoms with van der Waals surface area (Å²) in [5.41, 5.74) is 1.82. The van der Waals surface area contributed by atoms with Crippen LogP contribution in [0.15, 0.2) is 49.6 Å². The summed E-state index contributed by atoms with van der Waals surface area (Å²) < 4.78 is 42.6. The molecule has 0 saturated heterocycles. The van der Waals surface area contributed by atoms with Crippen molar-refractivity contribution < 1.29 is 17.9 Å². The van der Waals surface area contributed by atoms with Crippen LogP contribution >= 0.6 is 0 Å². The van der Waals surface area contributed by atoms with Crippen LogP contribution in [0.25, 0.3) is 10.9 Å². The van der Waals surface area contributed by atoms with E-state index in [-0.39, 0.29) is 5.75 Å². The zero-order valence-electron chi connectivity index (χ0n) is 10.8. The lowest BCUT2D eigenvalue weighted by atomic mass is 10.2. The summed E-state index contributed by atoms with van der Waals surface area (Å²) >= 11 is 0. The number of aromatic nitrogens is 1. The van der Waals surface area contributed by atoms with Gasteiger partial charge in [-0.05, 0) is 24.3 Å². The maximum atomic E-state index is 12.2. The number of allylic oxidation sites excluding steroid dienone is 2. The van der Waals surface area contributed by atoms with E-state index in [1.165, 1.54) is 12.1 Å². The second kappa shape index (κ2) is 5.45. The Morgan fingerprint density at radius 2 is 1.90 bits per heavy atom. The van der Waals surface area contributed by atoms with Crippen molar-refractivity contribution in [1.82, 2.24) is 4.57 Å². The van der Waals surface area contributed by atoms with E-state index >= 15 is 0 Å². The van der Waals surface area contributed by atoms with E-state index in [4.69, 9.17) is 0 Å². The Balaban J connectivity index is 2.47. The zero-order chi connectivity index (χ0) is 14.8. The average Bonchev–Trinajstić information content (AvgIpc) is 2.66. The van der Waals surface area contributed by atoms with Gasteiger partial charge in [0.05, 0.1) is 0 Å². The molecular weight excluding hydrogens is 267 g/mol. The van der Waals surface area contributed by atoms with Crippen molar-refractivity contribution in [2.45, 2.75) is 19.3 Å². The summed E-state index contributed by atoms with van der Waals surface area (Å²) in [5.74, 6) is -0.217. The third kappa shape index (κ3) is 3.04. The highest BCUT2D eigenvalue weighted by molar-refractivity contribution is 5.83. The lowest BCUT2D eigenvalue weighted by molar-refractivity contribution is -0.274. The number of fused-ring (bicyclic) bond motifs is 1. The molecule has 0 bridgehead atoms. The summed E-state index contributed by atoms with van der Waals surface area (Å²) in [5, 5.41) is 0.699. The van der Waals surface area contributed by atoms with Crippen molar-refractivity contribution in [1.29, 1.82) is 0 Å². The van der Waals surface area contributed by atoms with E-state index in [0.29, 0.717) is 18.4 Å². The molecule has 1 aromatic heterocycles. The van der Waals surface area contributed by atoms with Gasteiger partial charge in [-0.15, -0.1) is 26.3 Å². The third-order valence-corrected chi connectivity index (χ3v) is 2.86. The molecule has 0 aliphatic heterocycles. The summed E-state index contributed by atoms with van der Waals surface area (Å²) in [7, 11) is 0. The molecule has 0 amide bonds. The summed E-state index contributed by atoms with van der Waals surface area (Å²) in [6.07, 6.45) is -0.549. The molecule has 106 valence electrons. The second-order valence-electron chi connectivity index (χ2n) is 4.30. The van der Waals surface area contributed by atoms with Gasteiger partial charge in [-0.3, -0.25) is 0 Å². The molecule has 0 N–H and O–H groups in total. The Hall–Kier alpha value is -2.17. The lowest BCUT2D eigenvalue weighted by Crippen LogP contribution is -2.16. The average molecular weight is 281 g/mol. The first-order valence-electron chi connectivity index (χ1n) is 6.04. The highest BCUT2D eigenvalue weighted by Crippen LogP contribution is 2.28. The van der Waals surface area contributed by atoms with Gasteiger partial charge in [-0.1, -0.05) is 12.2 Å². The van der Waals surface area contributed by atoms with E-state index in [2.05, 4.69) is 17.9 Å². The number of benzene rings is 1. The Bertz CT molecular complexity index is 640. The van der Waals surface area contributed by atoms with Crippen LogP contribution in [0.4, 0.5) is 13.2 Å². The van der Waals surface area contributed by atoms with Crippen LogP contribution < -0.4 is 4.74 Å². The molecule has 0 atom stereocenters. The molecule has 0 aliphatic carbocycles. The second-order valence-corrected chi connectivity index (χ2v) is 4.30. The van der Waals surface area contributed by atoms with E-state index < -0.39 is 6.36 Å². The Morgan fingerprint density at radius 3 is 2.50 bits per heavy atom. The van der Waals surface area contributed by atoms with Gasteiger partial charge >= 0.3 is 6.36 Å². The van der Waals surface area contributed by atoms with Crippen LogP contribution in [0.1, 0.15) is 5.69 Å². The van der Waals surface area contributed by atoms with Crippen LogP contribution in [-0.2, 0) is 13.0 Å². The zero-order valence-corrected chi connectivity index (χ0v) is 10.8. The first-order chi connectivity index (χ1) is 9.44. The minimum atomic E-state index is -4.68. The number of hydrogen-bond donors (Lipinski definition) is 0. The van der Waals surface area contributed by atoms with Gasteiger partial charge in [0, 0.05) is 29.6 Å². The van der Waals surface area contributed by atoms with Crippen molar-refractivity contribution in [2.24, 2.45) is 0 Å². The molecule has 0 fully saturated rings. The van der Waals surface area contributed by atoms with Crippen molar-refractivity contribution >= 4 is 10.9 Å². The fourth-order valence-corrected chi connectivity index (χ4v) is 2.16. The first kappa shape index (κ1) is 14.2. The highest BCUT2D eigenvalue weighted by atomic mass is 19.4. The predicted octanol–water partition coefficient (Wildman–Crippen LogP) is 4.45. The fraction of sp³-hybridized carbons (Fsp3) is 0.200. The lowest BCUT2D eigenvalue weighted by Gasteiger charge is -2.09. The highest BCUT2D eigenvalue weighted by Gasteiger charge is 2.31. The molecular formula is C15H14F3NO. The van der Waals surface area contributed by atoms with Crippen LogP contribution in [0.3, 0.4) is 0 Å². The number of ether oxygens (including phenoxy) is 1. The van der Waals surface area contributed by atoms with E-state index in [0.717, 1.165) is 11.2 Å². The van der Waals surface area contributed by atoms with E-state index in [1.807, 2.05) is 10.6 Å². The quantitative estimate of drug-likeness (QED) is 0.738. The van der Waals surface area contributed by atoms with Gasteiger partial charge in [0.25, 0.3) is 0 Å². The summed E-state index contributed by atoms with van der Waals surface area (Å²) in [6, 6.07) is 6.15. The third-order valence-electron chi connectivity index (χ3n) is 2.86. The number of nitrogens with zero attached hydrogens (tertiary/aromatic N) is 1. The number of rotatable bonds is 5. The molecule has 0 spiro atoms. The molecule has 0 aliphatic rings. The number of alkyl halides is 3. The largest absolute Gasteiger partial charge is 0.573 e. The van der Waals surface area contributed by atoms with Crippen molar-refractivity contribution in [3.63, 3.8) is 0 Å². The molecule has 20 heavy (non-hydrogen) atoms. The molecule has 0 unspecified atom stereocenters. The van der Waals surface area contributed by atoms with Gasteiger partial charge in [0.2, 0.25) is 0 Å². The molecule has 1 heterocycles. The van der Waals surface area contributed by atoms with Crippen LogP contribution in [0.2, 0.25) is 0 Å². The van der Waals surface area contributed by atoms with Crippen LogP contribution in [0, 0.1) is 0 Å². The van der Waals surface area contributed by atoms with E-state index in [1.54, 1.807) is 18.2 Å². The molecule has 0 radical (unpaired) electrons. The molecule has 2 nitrogen and oxygen atoms in total. The van der Waals surface area contributed by atoms with Crippen LogP contribution in [0.5, 0.6) is 5.75 Å². The Morgan fingerprint density at radius 1 is 1.15 bits per heavy atom. The van der Waals surface area contributed by atoms with Crippen molar-refractivity contribution in [2.75, 3.05) is 0 Å². The van der Waals surface area contributed by atoms with Gasteiger partial charge in [0.1, 0.15) is 5.75 Å². The molecule has 2 rings (SSSR count).